The van der Waals surface area contributed by atoms with Crippen molar-refractivity contribution >= 4 is 27.8 Å². The summed E-state index contributed by atoms with van der Waals surface area (Å²) < 4.78 is 1.92. The van der Waals surface area contributed by atoms with Crippen molar-refractivity contribution in [1.82, 2.24) is 24.4 Å². The molecule has 4 aromatic rings. The summed E-state index contributed by atoms with van der Waals surface area (Å²) in [7, 11) is 0. The number of hydrogen-bond acceptors (Lipinski definition) is 7. The lowest BCUT2D eigenvalue weighted by molar-refractivity contribution is 0.111. The van der Waals surface area contributed by atoms with E-state index in [0.717, 1.165) is 74.3 Å². The fourth-order valence-electron chi connectivity index (χ4n) is 6.85. The minimum atomic E-state index is -0.279. The highest BCUT2D eigenvalue weighted by Crippen LogP contribution is 2.33. The van der Waals surface area contributed by atoms with Gasteiger partial charge in [-0.2, -0.15) is 4.98 Å². The normalized spacial score (nSPS) is 22.9. The molecule has 1 aromatic carbocycles. The van der Waals surface area contributed by atoms with Gasteiger partial charge in [-0.25, -0.2) is 4.98 Å². The van der Waals surface area contributed by atoms with E-state index in [1.807, 2.05) is 23.2 Å². The number of hydrogen-bond donors (Lipinski definition) is 2. The number of aromatic nitrogens is 4. The second kappa shape index (κ2) is 10.9. The molecule has 2 N–H and O–H groups in total. The summed E-state index contributed by atoms with van der Waals surface area (Å²) in [5.74, 6) is 1.19. The van der Waals surface area contributed by atoms with Gasteiger partial charge in [0.1, 0.15) is 5.65 Å². The van der Waals surface area contributed by atoms with Gasteiger partial charge in [-0.05, 0) is 112 Å². The summed E-state index contributed by atoms with van der Waals surface area (Å²) in [5.41, 5.74) is 3.29. The van der Waals surface area contributed by atoms with Crippen molar-refractivity contribution in [3.8, 4) is 0 Å². The summed E-state index contributed by atoms with van der Waals surface area (Å²) in [6.45, 7) is 2.93. The van der Waals surface area contributed by atoms with Crippen LogP contribution in [-0.2, 0) is 6.54 Å². The Morgan fingerprint density at radius 2 is 1.68 bits per heavy atom. The molecule has 40 heavy (non-hydrogen) atoms. The first-order valence-electron chi connectivity index (χ1n) is 15.0. The van der Waals surface area contributed by atoms with Crippen LogP contribution >= 0.6 is 0 Å². The highest BCUT2D eigenvalue weighted by Gasteiger charge is 2.26. The molecule has 8 heteroatoms. The molecular formula is C32H38N6O2. The SMILES string of the molecule is O=c1c2cc(CN3CCC(c4ccncc4)CC3)ccc2c2cnc(NC3CCC3)nc2n1[C@H]1CC[C@H](O)CC1. The third-order valence-electron chi connectivity index (χ3n) is 9.46. The largest absolute Gasteiger partial charge is 0.393 e. The van der Waals surface area contributed by atoms with E-state index in [4.69, 9.17) is 4.98 Å². The number of fused-ring (bicyclic) bond motifs is 3. The van der Waals surface area contributed by atoms with Gasteiger partial charge in [-0.1, -0.05) is 12.1 Å². The molecule has 0 spiro atoms. The van der Waals surface area contributed by atoms with Crippen LogP contribution in [0.1, 0.15) is 80.9 Å². The number of benzene rings is 1. The van der Waals surface area contributed by atoms with Crippen molar-refractivity contribution in [2.45, 2.75) is 88.4 Å². The van der Waals surface area contributed by atoms with Crippen molar-refractivity contribution in [3.05, 3.63) is 70.4 Å². The molecule has 1 aliphatic heterocycles. The van der Waals surface area contributed by atoms with Crippen LogP contribution in [-0.4, -0.2) is 54.8 Å². The van der Waals surface area contributed by atoms with E-state index in [9.17, 15) is 9.90 Å². The minimum Gasteiger partial charge on any atom is -0.393 e. The lowest BCUT2D eigenvalue weighted by atomic mass is 9.90. The van der Waals surface area contributed by atoms with E-state index >= 15 is 0 Å². The van der Waals surface area contributed by atoms with Crippen LogP contribution in [0.15, 0.2) is 53.7 Å². The maximum absolute atomic E-state index is 14.2. The molecule has 2 saturated carbocycles. The van der Waals surface area contributed by atoms with Crippen LogP contribution in [0.5, 0.6) is 0 Å². The molecule has 208 valence electrons. The Kier molecular flexibility index (Phi) is 6.97. The lowest BCUT2D eigenvalue weighted by Gasteiger charge is -2.32. The molecular weight excluding hydrogens is 500 g/mol. The van der Waals surface area contributed by atoms with Gasteiger partial charge >= 0.3 is 0 Å². The zero-order valence-corrected chi connectivity index (χ0v) is 23.0. The van der Waals surface area contributed by atoms with Crippen molar-refractivity contribution in [1.29, 1.82) is 0 Å². The van der Waals surface area contributed by atoms with Crippen molar-refractivity contribution in [3.63, 3.8) is 0 Å². The fraction of sp³-hybridized carbons (Fsp3) is 0.500. The van der Waals surface area contributed by atoms with Crippen LogP contribution in [0.4, 0.5) is 5.95 Å². The van der Waals surface area contributed by atoms with Crippen LogP contribution in [0.2, 0.25) is 0 Å². The molecule has 4 heterocycles. The van der Waals surface area contributed by atoms with Crippen LogP contribution < -0.4 is 10.9 Å². The third kappa shape index (κ3) is 4.99. The molecule has 3 aliphatic rings. The minimum absolute atomic E-state index is 0.0235. The second-order valence-electron chi connectivity index (χ2n) is 12.1. The lowest BCUT2D eigenvalue weighted by Crippen LogP contribution is -2.33. The Hall–Kier alpha value is -3.36. The quantitative estimate of drug-likeness (QED) is 0.327. The first kappa shape index (κ1) is 25.6. The smallest absolute Gasteiger partial charge is 0.260 e. The van der Waals surface area contributed by atoms with Crippen molar-refractivity contribution in [2.24, 2.45) is 0 Å². The Labute approximate surface area is 234 Å². The summed E-state index contributed by atoms with van der Waals surface area (Å²) in [5, 5.41) is 16.2. The number of aliphatic hydroxyl groups is 1. The predicted molar refractivity (Wildman–Crippen MR) is 158 cm³/mol. The molecule has 7 rings (SSSR count). The number of nitrogens with zero attached hydrogens (tertiary/aromatic N) is 5. The molecule has 0 radical (unpaired) electrons. The predicted octanol–water partition coefficient (Wildman–Crippen LogP) is 5.16. The van der Waals surface area contributed by atoms with Gasteiger partial charge in [0.15, 0.2) is 0 Å². The number of nitrogens with one attached hydrogen (secondary N) is 1. The molecule has 1 saturated heterocycles. The monoisotopic (exact) mass is 538 g/mol. The maximum Gasteiger partial charge on any atom is 0.260 e. The van der Waals surface area contributed by atoms with E-state index < -0.39 is 0 Å². The molecule has 0 amide bonds. The Morgan fingerprint density at radius 1 is 0.900 bits per heavy atom. The first-order valence-corrected chi connectivity index (χ1v) is 15.0. The Morgan fingerprint density at radius 3 is 2.40 bits per heavy atom. The summed E-state index contributed by atoms with van der Waals surface area (Å²) >= 11 is 0. The molecule has 0 atom stereocenters. The van der Waals surface area contributed by atoms with Crippen molar-refractivity contribution < 1.29 is 5.11 Å². The van der Waals surface area contributed by atoms with Gasteiger partial charge in [0.25, 0.3) is 5.56 Å². The van der Waals surface area contributed by atoms with Crippen LogP contribution in [0, 0.1) is 0 Å². The zero-order chi connectivity index (χ0) is 27.1. The van der Waals surface area contributed by atoms with E-state index in [2.05, 4.69) is 50.5 Å². The molecule has 0 unspecified atom stereocenters. The molecule has 0 bridgehead atoms. The second-order valence-corrected chi connectivity index (χ2v) is 12.1. The van der Waals surface area contributed by atoms with Crippen molar-refractivity contribution in [2.75, 3.05) is 18.4 Å². The highest BCUT2D eigenvalue weighted by atomic mass is 16.3. The zero-order valence-electron chi connectivity index (χ0n) is 23.0. The van der Waals surface area contributed by atoms with E-state index in [1.54, 1.807) is 0 Å². The highest BCUT2D eigenvalue weighted by molar-refractivity contribution is 6.04. The standard InChI is InChI=1S/C32H38N6O2/c39-26-7-5-25(6-8-26)38-30-29(19-34-32(36-30)35-24-2-1-3-24)27-9-4-21(18-28(27)31(38)40)20-37-16-12-23(13-17-37)22-10-14-33-15-11-22/h4,9-11,14-15,18-19,23-26,39H,1-3,5-8,12-13,16-17,20H2,(H,34,35,36)/t25-,26-. The summed E-state index contributed by atoms with van der Waals surface area (Å²) in [6, 6.07) is 11.1. The third-order valence-corrected chi connectivity index (χ3v) is 9.46. The number of likely N-dealkylation sites (tertiary alicyclic amines) is 1. The number of aliphatic hydroxyl groups excluding tert-OH is 1. The molecule has 8 nitrogen and oxygen atoms in total. The average Bonchev–Trinajstić information content (AvgIpc) is 2.97. The van der Waals surface area contributed by atoms with Gasteiger partial charge in [0, 0.05) is 48.0 Å². The summed E-state index contributed by atoms with van der Waals surface area (Å²) in [4.78, 5) is 30.4. The van der Waals surface area contributed by atoms with Crippen LogP contribution in [0.25, 0.3) is 21.8 Å². The number of pyridine rings is 2. The van der Waals surface area contributed by atoms with Gasteiger partial charge in [-0.15, -0.1) is 0 Å². The number of anilines is 1. The van der Waals surface area contributed by atoms with E-state index in [0.29, 0.717) is 36.4 Å². The Bertz CT molecular complexity index is 1550. The number of piperidine rings is 1. The van der Waals surface area contributed by atoms with Crippen LogP contribution in [0.3, 0.4) is 0 Å². The van der Waals surface area contributed by atoms with Gasteiger partial charge in [0.05, 0.1) is 6.10 Å². The molecule has 3 aromatic heterocycles. The van der Waals surface area contributed by atoms with Gasteiger partial charge in [-0.3, -0.25) is 19.2 Å². The van der Waals surface area contributed by atoms with E-state index in [1.165, 1.54) is 17.5 Å². The number of rotatable bonds is 6. The molecule has 2 aliphatic carbocycles. The van der Waals surface area contributed by atoms with Gasteiger partial charge in [0.2, 0.25) is 5.95 Å². The Balaban J connectivity index is 1.20. The maximum atomic E-state index is 14.2. The average molecular weight is 539 g/mol. The summed E-state index contributed by atoms with van der Waals surface area (Å²) in [6.07, 6.45) is 14.2. The van der Waals surface area contributed by atoms with Gasteiger partial charge < -0.3 is 10.4 Å². The molecule has 3 fully saturated rings. The van der Waals surface area contributed by atoms with E-state index in [-0.39, 0.29) is 17.7 Å². The topological polar surface area (TPSA) is 96.2 Å². The first-order chi connectivity index (χ1) is 19.6. The fourth-order valence-corrected chi connectivity index (χ4v) is 6.85.